The Bertz CT molecular complexity index is 347. The Morgan fingerprint density at radius 3 is 2.53 bits per heavy atom. The van der Waals surface area contributed by atoms with Crippen molar-refractivity contribution in [1.82, 2.24) is 5.32 Å². The zero-order valence-corrected chi connectivity index (χ0v) is 11.5. The van der Waals surface area contributed by atoms with Crippen molar-refractivity contribution in [3.8, 4) is 0 Å². The molecule has 0 saturated carbocycles. The van der Waals surface area contributed by atoms with Crippen LogP contribution in [-0.2, 0) is 6.54 Å². The van der Waals surface area contributed by atoms with Gasteiger partial charge in [-0.2, -0.15) is 0 Å². The van der Waals surface area contributed by atoms with Crippen molar-refractivity contribution in [2.75, 3.05) is 6.61 Å². The first-order valence-electron chi connectivity index (χ1n) is 6.45. The number of aliphatic hydroxyl groups is 1. The lowest BCUT2D eigenvalue weighted by Crippen LogP contribution is -2.34. The van der Waals surface area contributed by atoms with Crippen LogP contribution in [-0.4, -0.2) is 17.8 Å². The standard InChI is InChI=1S/C15H25NO/c1-11(2)15(7-8-17)16-10-14-9-12(3)5-6-13(14)4/h5-6,9,11,15-17H,7-8,10H2,1-4H3. The summed E-state index contributed by atoms with van der Waals surface area (Å²) < 4.78 is 0. The summed E-state index contributed by atoms with van der Waals surface area (Å²) in [4.78, 5) is 0. The van der Waals surface area contributed by atoms with Crippen LogP contribution in [0, 0.1) is 19.8 Å². The van der Waals surface area contributed by atoms with Gasteiger partial charge in [0.25, 0.3) is 0 Å². The van der Waals surface area contributed by atoms with Gasteiger partial charge >= 0.3 is 0 Å². The molecule has 0 aliphatic carbocycles. The maximum Gasteiger partial charge on any atom is 0.0445 e. The van der Waals surface area contributed by atoms with Crippen molar-refractivity contribution >= 4 is 0 Å². The molecule has 2 N–H and O–H groups in total. The van der Waals surface area contributed by atoms with Gasteiger partial charge in [0, 0.05) is 19.2 Å². The summed E-state index contributed by atoms with van der Waals surface area (Å²) in [6, 6.07) is 6.94. The van der Waals surface area contributed by atoms with Crippen molar-refractivity contribution in [2.24, 2.45) is 5.92 Å². The molecular weight excluding hydrogens is 210 g/mol. The molecule has 0 radical (unpaired) electrons. The number of benzene rings is 1. The summed E-state index contributed by atoms with van der Waals surface area (Å²) >= 11 is 0. The Morgan fingerprint density at radius 1 is 1.24 bits per heavy atom. The van der Waals surface area contributed by atoms with Gasteiger partial charge in [-0.15, -0.1) is 0 Å². The lowest BCUT2D eigenvalue weighted by Gasteiger charge is -2.22. The minimum absolute atomic E-state index is 0.253. The van der Waals surface area contributed by atoms with Gasteiger partial charge in [-0.3, -0.25) is 0 Å². The zero-order valence-electron chi connectivity index (χ0n) is 11.5. The second-order valence-electron chi connectivity index (χ2n) is 5.17. The van der Waals surface area contributed by atoms with Crippen LogP contribution in [0.25, 0.3) is 0 Å². The Kier molecular flexibility index (Phi) is 5.66. The monoisotopic (exact) mass is 235 g/mol. The smallest absolute Gasteiger partial charge is 0.0445 e. The minimum atomic E-state index is 0.253. The molecule has 0 fully saturated rings. The fourth-order valence-corrected chi connectivity index (χ4v) is 2.04. The fraction of sp³-hybridized carbons (Fsp3) is 0.600. The van der Waals surface area contributed by atoms with Crippen molar-refractivity contribution in [2.45, 2.75) is 46.7 Å². The first kappa shape index (κ1) is 14.2. The molecule has 0 aromatic heterocycles. The average molecular weight is 235 g/mol. The van der Waals surface area contributed by atoms with E-state index >= 15 is 0 Å². The molecule has 1 rings (SSSR count). The Labute approximate surface area is 105 Å². The van der Waals surface area contributed by atoms with E-state index in [1.807, 2.05) is 0 Å². The third kappa shape index (κ3) is 4.49. The highest BCUT2D eigenvalue weighted by Crippen LogP contribution is 2.12. The largest absolute Gasteiger partial charge is 0.396 e. The molecule has 0 aliphatic heterocycles. The third-order valence-electron chi connectivity index (χ3n) is 3.30. The lowest BCUT2D eigenvalue weighted by atomic mass is 10.00. The molecule has 0 saturated heterocycles. The van der Waals surface area contributed by atoms with Crippen LogP contribution in [0.3, 0.4) is 0 Å². The van der Waals surface area contributed by atoms with Gasteiger partial charge in [-0.25, -0.2) is 0 Å². The number of nitrogens with one attached hydrogen (secondary N) is 1. The van der Waals surface area contributed by atoms with Crippen LogP contribution in [0.4, 0.5) is 0 Å². The maximum atomic E-state index is 9.04. The van der Waals surface area contributed by atoms with E-state index in [1.54, 1.807) is 0 Å². The van der Waals surface area contributed by atoms with Crippen molar-refractivity contribution in [1.29, 1.82) is 0 Å². The topological polar surface area (TPSA) is 32.3 Å². The normalized spacial score (nSPS) is 13.1. The van der Waals surface area contributed by atoms with Gasteiger partial charge in [0.1, 0.15) is 0 Å². The fourth-order valence-electron chi connectivity index (χ4n) is 2.04. The minimum Gasteiger partial charge on any atom is -0.396 e. The molecule has 0 spiro atoms. The van der Waals surface area contributed by atoms with E-state index in [1.165, 1.54) is 16.7 Å². The number of rotatable bonds is 6. The highest BCUT2D eigenvalue weighted by atomic mass is 16.3. The first-order valence-corrected chi connectivity index (χ1v) is 6.45. The highest BCUT2D eigenvalue weighted by Gasteiger charge is 2.12. The molecule has 2 nitrogen and oxygen atoms in total. The van der Waals surface area contributed by atoms with Gasteiger partial charge in [-0.05, 0) is 37.3 Å². The van der Waals surface area contributed by atoms with Crippen molar-refractivity contribution < 1.29 is 5.11 Å². The summed E-state index contributed by atoms with van der Waals surface area (Å²) in [5.41, 5.74) is 3.99. The summed E-state index contributed by atoms with van der Waals surface area (Å²) in [5, 5.41) is 12.6. The predicted molar refractivity (Wildman–Crippen MR) is 73.1 cm³/mol. The number of aliphatic hydroxyl groups excluding tert-OH is 1. The molecule has 1 aromatic rings. The zero-order chi connectivity index (χ0) is 12.8. The van der Waals surface area contributed by atoms with Crippen LogP contribution < -0.4 is 5.32 Å². The maximum absolute atomic E-state index is 9.04. The van der Waals surface area contributed by atoms with Gasteiger partial charge in [-0.1, -0.05) is 37.6 Å². The second kappa shape index (κ2) is 6.77. The first-order chi connectivity index (χ1) is 8.04. The molecule has 0 heterocycles. The third-order valence-corrected chi connectivity index (χ3v) is 3.30. The molecule has 0 aliphatic rings. The van der Waals surface area contributed by atoms with E-state index in [-0.39, 0.29) is 6.61 Å². The van der Waals surface area contributed by atoms with E-state index in [4.69, 9.17) is 5.11 Å². The van der Waals surface area contributed by atoms with Crippen LogP contribution in [0.1, 0.15) is 37.0 Å². The van der Waals surface area contributed by atoms with E-state index in [9.17, 15) is 0 Å². The highest BCUT2D eigenvalue weighted by molar-refractivity contribution is 5.30. The molecular formula is C15H25NO. The Balaban J connectivity index is 2.61. The number of hydrogen-bond acceptors (Lipinski definition) is 2. The average Bonchev–Trinajstić information content (AvgIpc) is 2.28. The van der Waals surface area contributed by atoms with Crippen LogP contribution in [0.2, 0.25) is 0 Å². The van der Waals surface area contributed by atoms with Gasteiger partial charge in [0.15, 0.2) is 0 Å². The number of aryl methyl sites for hydroxylation is 2. The number of hydrogen-bond donors (Lipinski definition) is 2. The van der Waals surface area contributed by atoms with Crippen LogP contribution in [0.5, 0.6) is 0 Å². The Morgan fingerprint density at radius 2 is 1.94 bits per heavy atom. The van der Waals surface area contributed by atoms with E-state index in [0.29, 0.717) is 12.0 Å². The second-order valence-corrected chi connectivity index (χ2v) is 5.17. The van der Waals surface area contributed by atoms with Gasteiger partial charge in [0.05, 0.1) is 0 Å². The van der Waals surface area contributed by atoms with Crippen molar-refractivity contribution in [3.63, 3.8) is 0 Å². The summed E-state index contributed by atoms with van der Waals surface area (Å²) in [6.45, 7) is 9.79. The molecule has 96 valence electrons. The van der Waals surface area contributed by atoms with E-state index < -0.39 is 0 Å². The van der Waals surface area contributed by atoms with Gasteiger partial charge < -0.3 is 10.4 Å². The van der Waals surface area contributed by atoms with Crippen molar-refractivity contribution in [3.05, 3.63) is 34.9 Å². The van der Waals surface area contributed by atoms with Crippen LogP contribution >= 0.6 is 0 Å². The van der Waals surface area contributed by atoms with E-state index in [0.717, 1.165) is 13.0 Å². The Hall–Kier alpha value is -0.860. The summed E-state index contributed by atoms with van der Waals surface area (Å²) in [7, 11) is 0. The molecule has 1 aromatic carbocycles. The van der Waals surface area contributed by atoms with E-state index in [2.05, 4.69) is 51.2 Å². The van der Waals surface area contributed by atoms with Crippen LogP contribution in [0.15, 0.2) is 18.2 Å². The molecule has 2 heteroatoms. The summed E-state index contributed by atoms with van der Waals surface area (Å²) in [5.74, 6) is 0.548. The SMILES string of the molecule is Cc1ccc(C)c(CNC(CCO)C(C)C)c1. The molecule has 0 bridgehead atoms. The molecule has 1 unspecified atom stereocenters. The molecule has 17 heavy (non-hydrogen) atoms. The molecule has 1 atom stereocenters. The lowest BCUT2D eigenvalue weighted by molar-refractivity contribution is 0.244. The quantitative estimate of drug-likeness (QED) is 0.794. The molecule has 0 amide bonds. The predicted octanol–water partition coefficient (Wildman–Crippen LogP) is 2.80. The summed E-state index contributed by atoms with van der Waals surface area (Å²) in [6.07, 6.45) is 0.822. The van der Waals surface area contributed by atoms with Gasteiger partial charge in [0.2, 0.25) is 0 Å².